The van der Waals surface area contributed by atoms with Crippen molar-refractivity contribution < 1.29 is 22.7 Å². The number of carbonyl (C=O) groups excluding carboxylic acids is 1. The van der Waals surface area contributed by atoms with Crippen molar-refractivity contribution in [3.8, 4) is 5.75 Å². The van der Waals surface area contributed by atoms with E-state index in [2.05, 4.69) is 5.32 Å². The number of amides is 1. The minimum atomic E-state index is -3.71. The van der Waals surface area contributed by atoms with Gasteiger partial charge in [-0.3, -0.25) is 4.79 Å². The third-order valence-corrected chi connectivity index (χ3v) is 6.83. The van der Waals surface area contributed by atoms with Crippen molar-refractivity contribution >= 4 is 15.9 Å². The first-order valence-electron chi connectivity index (χ1n) is 9.59. The molecule has 1 saturated heterocycles. The molecule has 1 aliphatic rings. The van der Waals surface area contributed by atoms with Crippen molar-refractivity contribution in [2.24, 2.45) is 0 Å². The number of hydrogen-bond donors (Lipinski definition) is 1. The molecule has 0 saturated carbocycles. The van der Waals surface area contributed by atoms with E-state index in [1.165, 1.54) is 29.6 Å². The molecule has 1 heterocycles. The standard InChI is InChI=1S/C21H26N2O5S/c1-3-19(16-7-5-4-6-8-16)22-21(24)18-15-17(9-10-20(18)27-2)29(25,26)23-11-13-28-14-12-23/h4-10,15,19H,3,11-14H2,1-2H3,(H,22,24)/t19-/m0/s1. The van der Waals surface area contributed by atoms with Gasteiger partial charge in [0, 0.05) is 13.1 Å². The summed E-state index contributed by atoms with van der Waals surface area (Å²) in [5, 5.41) is 2.98. The number of morpholine rings is 1. The van der Waals surface area contributed by atoms with E-state index in [4.69, 9.17) is 9.47 Å². The Balaban J connectivity index is 1.89. The Hall–Kier alpha value is -2.42. The van der Waals surface area contributed by atoms with Crippen LogP contribution in [0.25, 0.3) is 0 Å². The molecule has 2 aromatic carbocycles. The minimum absolute atomic E-state index is 0.0677. The summed E-state index contributed by atoms with van der Waals surface area (Å²) < 4.78 is 37.8. The minimum Gasteiger partial charge on any atom is -0.496 e. The van der Waals surface area contributed by atoms with Crippen LogP contribution in [-0.2, 0) is 14.8 Å². The Morgan fingerprint density at radius 1 is 1.17 bits per heavy atom. The van der Waals surface area contributed by atoms with Gasteiger partial charge >= 0.3 is 0 Å². The third-order valence-electron chi connectivity index (χ3n) is 4.94. The van der Waals surface area contributed by atoms with Crippen molar-refractivity contribution in [2.45, 2.75) is 24.3 Å². The second kappa shape index (κ2) is 9.39. The molecule has 0 spiro atoms. The Morgan fingerprint density at radius 2 is 1.86 bits per heavy atom. The summed E-state index contributed by atoms with van der Waals surface area (Å²) in [7, 11) is -2.26. The van der Waals surface area contributed by atoms with Crippen LogP contribution in [0.4, 0.5) is 0 Å². The summed E-state index contributed by atoms with van der Waals surface area (Å²) in [5.41, 5.74) is 1.18. The molecule has 1 atom stereocenters. The molecule has 0 aliphatic carbocycles. The van der Waals surface area contributed by atoms with Crippen LogP contribution in [0.5, 0.6) is 5.75 Å². The molecule has 1 N–H and O–H groups in total. The van der Waals surface area contributed by atoms with Gasteiger partial charge in [-0.25, -0.2) is 8.42 Å². The molecule has 29 heavy (non-hydrogen) atoms. The summed E-state index contributed by atoms with van der Waals surface area (Å²) in [5.74, 6) is -0.0528. The number of nitrogens with one attached hydrogen (secondary N) is 1. The second-order valence-corrected chi connectivity index (χ2v) is 8.66. The first kappa shape index (κ1) is 21.3. The molecule has 0 radical (unpaired) electrons. The fraction of sp³-hybridized carbons (Fsp3) is 0.381. The Bertz CT molecular complexity index is 941. The van der Waals surface area contributed by atoms with Crippen LogP contribution in [0.1, 0.15) is 35.3 Å². The molecule has 0 aromatic heterocycles. The van der Waals surface area contributed by atoms with Crippen LogP contribution in [0, 0.1) is 0 Å². The topological polar surface area (TPSA) is 84.9 Å². The number of benzene rings is 2. The van der Waals surface area contributed by atoms with E-state index >= 15 is 0 Å². The summed E-state index contributed by atoms with van der Waals surface area (Å²) in [6.45, 7) is 3.29. The van der Waals surface area contributed by atoms with E-state index in [0.717, 1.165) is 5.56 Å². The lowest BCUT2D eigenvalue weighted by molar-refractivity contribution is 0.0730. The lowest BCUT2D eigenvalue weighted by atomic mass is 10.0. The predicted octanol–water partition coefficient (Wildman–Crippen LogP) is 2.60. The maximum Gasteiger partial charge on any atom is 0.255 e. The fourth-order valence-corrected chi connectivity index (χ4v) is 4.74. The Kier molecular flexibility index (Phi) is 6.89. The molecule has 2 aromatic rings. The fourth-order valence-electron chi connectivity index (χ4n) is 3.30. The highest BCUT2D eigenvalue weighted by Crippen LogP contribution is 2.26. The average molecular weight is 419 g/mol. The molecule has 8 heteroatoms. The SMILES string of the molecule is CC[C@H](NC(=O)c1cc(S(=O)(=O)N2CCOCC2)ccc1OC)c1ccccc1. The van der Waals surface area contributed by atoms with Crippen molar-refractivity contribution in [1.82, 2.24) is 9.62 Å². The maximum atomic E-state index is 13.0. The molecule has 7 nitrogen and oxygen atoms in total. The van der Waals surface area contributed by atoms with Crippen LogP contribution in [0.2, 0.25) is 0 Å². The summed E-state index contributed by atoms with van der Waals surface area (Å²) in [6.07, 6.45) is 0.698. The number of ether oxygens (including phenoxy) is 2. The summed E-state index contributed by atoms with van der Waals surface area (Å²) in [4.78, 5) is 13.1. The van der Waals surface area contributed by atoms with Gasteiger partial charge in [0.05, 0.1) is 36.8 Å². The van der Waals surface area contributed by atoms with Crippen molar-refractivity contribution in [2.75, 3.05) is 33.4 Å². The second-order valence-electron chi connectivity index (χ2n) is 6.72. The molecule has 1 fully saturated rings. The highest BCUT2D eigenvalue weighted by molar-refractivity contribution is 7.89. The van der Waals surface area contributed by atoms with Crippen LogP contribution in [0.3, 0.4) is 0 Å². The van der Waals surface area contributed by atoms with Gasteiger partial charge in [-0.05, 0) is 30.2 Å². The van der Waals surface area contributed by atoms with Gasteiger partial charge in [0.15, 0.2) is 0 Å². The van der Waals surface area contributed by atoms with Gasteiger partial charge in [0.25, 0.3) is 5.91 Å². The first-order valence-corrected chi connectivity index (χ1v) is 11.0. The molecular weight excluding hydrogens is 392 g/mol. The van der Waals surface area contributed by atoms with E-state index in [-0.39, 0.29) is 22.4 Å². The molecular formula is C21H26N2O5S. The van der Waals surface area contributed by atoms with Gasteiger partial charge in [0.2, 0.25) is 10.0 Å². The van der Waals surface area contributed by atoms with E-state index in [1.54, 1.807) is 0 Å². The summed E-state index contributed by atoms with van der Waals surface area (Å²) in [6, 6.07) is 13.8. The monoisotopic (exact) mass is 418 g/mol. The van der Waals surface area contributed by atoms with Crippen molar-refractivity contribution in [1.29, 1.82) is 0 Å². The number of carbonyl (C=O) groups is 1. The smallest absolute Gasteiger partial charge is 0.255 e. The number of hydrogen-bond acceptors (Lipinski definition) is 5. The van der Waals surface area contributed by atoms with Crippen LogP contribution >= 0.6 is 0 Å². The lowest BCUT2D eigenvalue weighted by Gasteiger charge is -2.26. The molecule has 1 aliphatic heterocycles. The van der Waals surface area contributed by atoms with E-state index in [9.17, 15) is 13.2 Å². The molecule has 1 amide bonds. The number of sulfonamides is 1. The Morgan fingerprint density at radius 3 is 2.48 bits per heavy atom. The van der Waals surface area contributed by atoms with E-state index < -0.39 is 10.0 Å². The number of methoxy groups -OCH3 is 1. The number of nitrogens with zero attached hydrogens (tertiary/aromatic N) is 1. The highest BCUT2D eigenvalue weighted by Gasteiger charge is 2.28. The van der Waals surface area contributed by atoms with Gasteiger partial charge in [-0.1, -0.05) is 37.3 Å². The number of rotatable bonds is 7. The zero-order valence-corrected chi connectivity index (χ0v) is 17.4. The molecule has 156 valence electrons. The zero-order valence-electron chi connectivity index (χ0n) is 16.6. The molecule has 3 rings (SSSR count). The average Bonchev–Trinajstić information content (AvgIpc) is 2.78. The maximum absolute atomic E-state index is 13.0. The molecule has 0 bridgehead atoms. The van der Waals surface area contributed by atoms with Gasteiger partial charge < -0.3 is 14.8 Å². The predicted molar refractivity (Wildman–Crippen MR) is 110 cm³/mol. The molecule has 0 unspecified atom stereocenters. The quantitative estimate of drug-likeness (QED) is 0.747. The van der Waals surface area contributed by atoms with Crippen LogP contribution in [0.15, 0.2) is 53.4 Å². The van der Waals surface area contributed by atoms with E-state index in [0.29, 0.717) is 38.5 Å². The van der Waals surface area contributed by atoms with Gasteiger partial charge in [-0.2, -0.15) is 4.31 Å². The van der Waals surface area contributed by atoms with Gasteiger partial charge in [-0.15, -0.1) is 0 Å². The van der Waals surface area contributed by atoms with Crippen LogP contribution in [-0.4, -0.2) is 52.0 Å². The Labute approximate surface area is 171 Å². The van der Waals surface area contributed by atoms with Crippen LogP contribution < -0.4 is 10.1 Å². The normalized spacial score (nSPS) is 16.2. The van der Waals surface area contributed by atoms with Crippen molar-refractivity contribution in [3.63, 3.8) is 0 Å². The third kappa shape index (κ3) is 4.77. The van der Waals surface area contributed by atoms with E-state index in [1.807, 2.05) is 37.3 Å². The van der Waals surface area contributed by atoms with Crippen molar-refractivity contribution in [3.05, 3.63) is 59.7 Å². The summed E-state index contributed by atoms with van der Waals surface area (Å²) >= 11 is 0. The first-order chi connectivity index (χ1) is 14.0. The largest absolute Gasteiger partial charge is 0.496 e. The zero-order chi connectivity index (χ0) is 20.9. The lowest BCUT2D eigenvalue weighted by Crippen LogP contribution is -2.40. The highest BCUT2D eigenvalue weighted by atomic mass is 32.2. The van der Waals surface area contributed by atoms with Gasteiger partial charge in [0.1, 0.15) is 5.75 Å².